The molecular weight excluding hydrogens is 265 g/mol. The lowest BCUT2D eigenvalue weighted by molar-refractivity contribution is -0.173. The highest BCUT2D eigenvalue weighted by Crippen LogP contribution is 2.31. The van der Waals surface area contributed by atoms with E-state index in [4.69, 9.17) is 4.74 Å². The van der Waals surface area contributed by atoms with E-state index in [1.807, 2.05) is 6.92 Å². The van der Waals surface area contributed by atoms with Crippen molar-refractivity contribution in [2.75, 3.05) is 13.2 Å². The Morgan fingerprint density at radius 1 is 1.55 bits per heavy atom. The fraction of sp³-hybridized carbons (Fsp3) is 0.429. The second kappa shape index (κ2) is 6.00. The van der Waals surface area contributed by atoms with E-state index in [1.165, 1.54) is 23.1 Å². The van der Waals surface area contributed by atoms with E-state index in [-0.39, 0.29) is 12.5 Å². The van der Waals surface area contributed by atoms with Crippen LogP contribution in [0.5, 0.6) is 0 Å². The van der Waals surface area contributed by atoms with Crippen molar-refractivity contribution in [2.24, 2.45) is 0 Å². The van der Waals surface area contributed by atoms with Crippen molar-refractivity contribution in [1.29, 1.82) is 0 Å². The third-order valence-corrected chi connectivity index (χ3v) is 3.23. The number of carboxylic acids is 1. The number of carboxylic acid groups (broad SMARTS) is 1. The molecule has 0 saturated carbocycles. The number of nitrogens with zero attached hydrogens (tertiary/aromatic N) is 1. The summed E-state index contributed by atoms with van der Waals surface area (Å²) in [7, 11) is 0. The maximum Gasteiger partial charge on any atom is 0.335 e. The predicted octanol–water partition coefficient (Wildman–Crippen LogP) is 1.59. The van der Waals surface area contributed by atoms with E-state index in [2.05, 4.69) is 0 Å². The van der Waals surface area contributed by atoms with E-state index in [0.29, 0.717) is 18.5 Å². The van der Waals surface area contributed by atoms with Crippen LogP contribution in [-0.4, -0.2) is 41.1 Å². The van der Waals surface area contributed by atoms with Gasteiger partial charge in [-0.05, 0) is 24.1 Å². The van der Waals surface area contributed by atoms with Crippen LogP contribution in [-0.2, 0) is 14.3 Å². The van der Waals surface area contributed by atoms with Crippen molar-refractivity contribution in [3.8, 4) is 0 Å². The monoisotopic (exact) mass is 281 g/mol. The van der Waals surface area contributed by atoms with Gasteiger partial charge in [-0.3, -0.25) is 4.79 Å². The number of carbonyl (C=O) groups excluding carboxylic acids is 1. The average molecular weight is 281 g/mol. The standard InChI is InChI=1S/C14H16FNO4/c1-2-6-16-11(17)8-20-13(14(18)19)12(16)9-4-3-5-10(15)7-9/h3-5,7,12-13H,2,6,8H2,1H3,(H,18,19). The van der Waals surface area contributed by atoms with Crippen molar-refractivity contribution in [1.82, 2.24) is 4.90 Å². The Labute approximate surface area is 116 Å². The molecule has 1 aliphatic heterocycles. The SMILES string of the molecule is CCCN1C(=O)COC(C(=O)O)C1c1cccc(F)c1. The van der Waals surface area contributed by atoms with Gasteiger partial charge in [-0.1, -0.05) is 19.1 Å². The molecule has 2 unspecified atom stereocenters. The molecule has 0 spiro atoms. The molecule has 6 heteroatoms. The number of carbonyl (C=O) groups is 2. The van der Waals surface area contributed by atoms with Gasteiger partial charge in [-0.25, -0.2) is 9.18 Å². The first-order valence-electron chi connectivity index (χ1n) is 6.44. The van der Waals surface area contributed by atoms with Gasteiger partial charge in [0.25, 0.3) is 0 Å². The zero-order valence-corrected chi connectivity index (χ0v) is 11.1. The molecule has 1 N–H and O–H groups in total. The van der Waals surface area contributed by atoms with Crippen LogP contribution in [0, 0.1) is 5.82 Å². The molecule has 1 aliphatic rings. The third-order valence-electron chi connectivity index (χ3n) is 3.23. The van der Waals surface area contributed by atoms with E-state index >= 15 is 0 Å². The molecule has 108 valence electrons. The molecule has 0 radical (unpaired) electrons. The van der Waals surface area contributed by atoms with Crippen LogP contribution in [0.4, 0.5) is 4.39 Å². The van der Waals surface area contributed by atoms with Crippen LogP contribution < -0.4 is 0 Å². The topological polar surface area (TPSA) is 66.8 Å². The lowest BCUT2D eigenvalue weighted by atomic mass is 9.97. The van der Waals surface area contributed by atoms with Gasteiger partial charge >= 0.3 is 5.97 Å². The van der Waals surface area contributed by atoms with Crippen molar-refractivity contribution in [2.45, 2.75) is 25.5 Å². The Balaban J connectivity index is 2.42. The zero-order chi connectivity index (χ0) is 14.7. The minimum atomic E-state index is -1.18. The molecule has 1 aromatic carbocycles. The van der Waals surface area contributed by atoms with Crippen molar-refractivity contribution < 1.29 is 23.8 Å². The fourth-order valence-corrected chi connectivity index (χ4v) is 2.41. The van der Waals surface area contributed by atoms with Crippen LogP contribution in [0.3, 0.4) is 0 Å². The number of rotatable bonds is 4. The Kier molecular flexibility index (Phi) is 4.34. The van der Waals surface area contributed by atoms with Gasteiger partial charge in [0.2, 0.25) is 5.91 Å². The summed E-state index contributed by atoms with van der Waals surface area (Å²) in [5, 5.41) is 9.25. The minimum absolute atomic E-state index is 0.261. The number of amides is 1. The molecule has 0 bridgehead atoms. The van der Waals surface area contributed by atoms with Crippen LogP contribution in [0.15, 0.2) is 24.3 Å². The van der Waals surface area contributed by atoms with Crippen molar-refractivity contribution in [3.05, 3.63) is 35.6 Å². The molecule has 5 nitrogen and oxygen atoms in total. The smallest absolute Gasteiger partial charge is 0.335 e. The van der Waals surface area contributed by atoms with E-state index in [0.717, 1.165) is 0 Å². The van der Waals surface area contributed by atoms with Gasteiger partial charge in [0.15, 0.2) is 6.10 Å². The highest BCUT2D eigenvalue weighted by atomic mass is 19.1. The van der Waals surface area contributed by atoms with Gasteiger partial charge < -0.3 is 14.7 Å². The molecule has 1 heterocycles. The first-order valence-corrected chi connectivity index (χ1v) is 6.44. The summed E-state index contributed by atoms with van der Waals surface area (Å²) in [5.74, 6) is -1.91. The van der Waals surface area contributed by atoms with Gasteiger partial charge in [0, 0.05) is 6.54 Å². The third kappa shape index (κ3) is 2.80. The molecule has 1 fully saturated rings. The summed E-state index contributed by atoms with van der Waals surface area (Å²) in [4.78, 5) is 24.7. The highest BCUT2D eigenvalue weighted by Gasteiger charge is 2.41. The summed E-state index contributed by atoms with van der Waals surface area (Å²) in [6.45, 7) is 2.04. The van der Waals surface area contributed by atoms with Crippen LogP contribution in [0.1, 0.15) is 24.9 Å². The molecule has 1 saturated heterocycles. The Bertz CT molecular complexity index is 520. The minimum Gasteiger partial charge on any atom is -0.479 e. The molecule has 2 rings (SSSR count). The van der Waals surface area contributed by atoms with Crippen LogP contribution in [0.25, 0.3) is 0 Å². The summed E-state index contributed by atoms with van der Waals surface area (Å²) < 4.78 is 18.5. The Morgan fingerprint density at radius 2 is 2.30 bits per heavy atom. The van der Waals surface area contributed by atoms with E-state index in [9.17, 15) is 19.1 Å². The number of aliphatic carboxylic acids is 1. The largest absolute Gasteiger partial charge is 0.479 e. The van der Waals surface area contributed by atoms with Gasteiger partial charge in [0.1, 0.15) is 12.4 Å². The first-order chi connectivity index (χ1) is 9.54. The Morgan fingerprint density at radius 3 is 2.90 bits per heavy atom. The van der Waals surface area contributed by atoms with Crippen LogP contribution in [0.2, 0.25) is 0 Å². The first kappa shape index (κ1) is 14.5. The normalized spacial score (nSPS) is 22.9. The number of hydrogen-bond acceptors (Lipinski definition) is 3. The van der Waals surface area contributed by atoms with Crippen molar-refractivity contribution in [3.63, 3.8) is 0 Å². The molecule has 2 atom stereocenters. The summed E-state index contributed by atoms with van der Waals surface area (Å²) in [6, 6.07) is 4.81. The second-order valence-electron chi connectivity index (χ2n) is 4.66. The van der Waals surface area contributed by atoms with E-state index in [1.54, 1.807) is 6.07 Å². The average Bonchev–Trinajstić information content (AvgIpc) is 2.40. The van der Waals surface area contributed by atoms with Gasteiger partial charge in [-0.15, -0.1) is 0 Å². The quantitative estimate of drug-likeness (QED) is 0.910. The van der Waals surface area contributed by atoms with Crippen LogP contribution >= 0.6 is 0 Å². The predicted molar refractivity (Wildman–Crippen MR) is 68.5 cm³/mol. The van der Waals surface area contributed by atoms with Gasteiger partial charge in [0.05, 0.1) is 6.04 Å². The number of hydrogen-bond donors (Lipinski definition) is 1. The number of morpholine rings is 1. The summed E-state index contributed by atoms with van der Waals surface area (Å²) in [6.07, 6.45) is -0.495. The zero-order valence-electron chi connectivity index (χ0n) is 11.1. The highest BCUT2D eigenvalue weighted by molar-refractivity contribution is 5.83. The maximum absolute atomic E-state index is 13.4. The molecular formula is C14H16FNO4. The number of halogens is 1. The summed E-state index contributed by atoms with van der Waals surface area (Å²) >= 11 is 0. The Hall–Kier alpha value is -1.95. The van der Waals surface area contributed by atoms with Gasteiger partial charge in [-0.2, -0.15) is 0 Å². The summed E-state index contributed by atoms with van der Waals surface area (Å²) in [5.41, 5.74) is 0.430. The number of ether oxygens (including phenoxy) is 1. The maximum atomic E-state index is 13.4. The fourth-order valence-electron chi connectivity index (χ4n) is 2.41. The molecule has 20 heavy (non-hydrogen) atoms. The second-order valence-corrected chi connectivity index (χ2v) is 4.66. The van der Waals surface area contributed by atoms with E-state index < -0.39 is 23.9 Å². The lowest BCUT2D eigenvalue weighted by Gasteiger charge is -2.39. The molecule has 0 aliphatic carbocycles. The lowest BCUT2D eigenvalue weighted by Crippen LogP contribution is -2.52. The molecule has 1 amide bonds. The van der Waals surface area contributed by atoms with Crippen molar-refractivity contribution >= 4 is 11.9 Å². The molecule has 1 aromatic rings. The number of benzene rings is 1. The molecule has 0 aromatic heterocycles.